The Balaban J connectivity index is 1.82. The predicted molar refractivity (Wildman–Crippen MR) is 81.0 cm³/mol. The smallest absolute Gasteiger partial charge is 0.257 e. The minimum Gasteiger partial charge on any atom is -0.504 e. The summed E-state index contributed by atoms with van der Waals surface area (Å²) in [6, 6.07) is 6.53. The minimum absolute atomic E-state index is 0.0133. The number of aryl methyl sites for hydroxylation is 2. The molecule has 0 saturated carbocycles. The summed E-state index contributed by atoms with van der Waals surface area (Å²) in [7, 11) is 0. The Bertz CT molecular complexity index is 632. The van der Waals surface area contributed by atoms with Crippen LogP contribution in [-0.2, 0) is 4.79 Å². The Morgan fingerprint density at radius 2 is 2.14 bits per heavy atom. The molecule has 1 aromatic heterocycles. The molecule has 0 bridgehead atoms. The second-order valence-electron chi connectivity index (χ2n) is 5.20. The van der Waals surface area contributed by atoms with E-state index in [0.29, 0.717) is 6.54 Å². The fraction of sp³-hybridized carbons (Fsp3) is 0.375. The molecular formula is C16H20N2O4. The molecular weight excluding hydrogens is 284 g/mol. The van der Waals surface area contributed by atoms with Crippen LogP contribution in [0, 0.1) is 13.8 Å². The zero-order valence-corrected chi connectivity index (χ0v) is 12.9. The zero-order valence-electron chi connectivity index (χ0n) is 12.9. The normalized spacial score (nSPS) is 12.0. The van der Waals surface area contributed by atoms with E-state index in [1.807, 2.05) is 20.8 Å². The maximum Gasteiger partial charge on any atom is 0.257 e. The van der Waals surface area contributed by atoms with Gasteiger partial charge in [-0.15, -0.1) is 0 Å². The number of phenolic OH excluding ortho intramolecular Hbond substituents is 1. The Hall–Kier alpha value is -2.50. The Labute approximate surface area is 129 Å². The summed E-state index contributed by atoms with van der Waals surface area (Å²) >= 11 is 0. The summed E-state index contributed by atoms with van der Waals surface area (Å²) in [5.41, 5.74) is 1.85. The number of rotatable bonds is 6. The molecule has 2 aromatic rings. The van der Waals surface area contributed by atoms with Crippen LogP contribution in [0.5, 0.6) is 11.5 Å². The number of benzene rings is 1. The third-order valence-corrected chi connectivity index (χ3v) is 3.41. The highest BCUT2D eigenvalue weighted by molar-refractivity contribution is 5.77. The number of aromatic hydroxyl groups is 1. The number of amides is 1. The van der Waals surface area contributed by atoms with E-state index in [2.05, 4.69) is 10.5 Å². The van der Waals surface area contributed by atoms with Gasteiger partial charge in [-0.25, -0.2) is 0 Å². The molecule has 0 aliphatic carbocycles. The number of nitrogens with zero attached hydrogens (tertiary/aromatic N) is 1. The first-order chi connectivity index (χ1) is 10.5. The summed E-state index contributed by atoms with van der Waals surface area (Å²) in [5, 5.41) is 16.3. The fourth-order valence-corrected chi connectivity index (χ4v) is 2.34. The largest absolute Gasteiger partial charge is 0.504 e. The van der Waals surface area contributed by atoms with Crippen molar-refractivity contribution in [3.63, 3.8) is 0 Å². The SMILES string of the molecule is Cc1noc(C)c1[C@H](C)CNC(=O)COc1ccccc1O. The molecule has 2 rings (SSSR count). The Morgan fingerprint density at radius 1 is 1.41 bits per heavy atom. The Morgan fingerprint density at radius 3 is 2.77 bits per heavy atom. The predicted octanol–water partition coefficient (Wildman–Crippen LogP) is 2.30. The molecule has 0 unspecified atom stereocenters. The van der Waals surface area contributed by atoms with Gasteiger partial charge in [-0.2, -0.15) is 0 Å². The van der Waals surface area contributed by atoms with Gasteiger partial charge in [0.25, 0.3) is 5.91 Å². The minimum atomic E-state index is -0.248. The van der Waals surface area contributed by atoms with Gasteiger partial charge < -0.3 is 19.7 Å². The van der Waals surface area contributed by atoms with Crippen LogP contribution in [-0.4, -0.2) is 29.3 Å². The molecule has 2 N–H and O–H groups in total. The van der Waals surface area contributed by atoms with Crippen molar-refractivity contribution in [1.29, 1.82) is 0 Å². The molecule has 1 atom stereocenters. The highest BCUT2D eigenvalue weighted by atomic mass is 16.5. The fourth-order valence-electron chi connectivity index (χ4n) is 2.34. The van der Waals surface area contributed by atoms with Crippen molar-refractivity contribution in [3.05, 3.63) is 41.3 Å². The molecule has 6 heteroatoms. The number of ether oxygens (including phenoxy) is 1. The molecule has 0 radical (unpaired) electrons. The van der Waals surface area contributed by atoms with Crippen LogP contribution in [0.4, 0.5) is 0 Å². The quantitative estimate of drug-likeness (QED) is 0.855. The van der Waals surface area contributed by atoms with Gasteiger partial charge in [-0.3, -0.25) is 4.79 Å². The number of phenols is 1. The molecule has 6 nitrogen and oxygen atoms in total. The summed E-state index contributed by atoms with van der Waals surface area (Å²) in [4.78, 5) is 11.8. The second kappa shape index (κ2) is 6.98. The van der Waals surface area contributed by atoms with E-state index < -0.39 is 0 Å². The summed E-state index contributed by atoms with van der Waals surface area (Å²) in [6.07, 6.45) is 0. The van der Waals surface area contributed by atoms with Crippen molar-refractivity contribution in [3.8, 4) is 11.5 Å². The van der Waals surface area contributed by atoms with Crippen LogP contribution in [0.2, 0.25) is 0 Å². The maximum absolute atomic E-state index is 11.8. The number of nitrogens with one attached hydrogen (secondary N) is 1. The molecule has 0 spiro atoms. The molecule has 1 aromatic carbocycles. The standard InChI is InChI=1S/C16H20N2O4/c1-10(16-11(2)18-22-12(16)3)8-17-15(20)9-21-14-7-5-4-6-13(14)19/h4-7,10,19H,8-9H2,1-3H3,(H,17,20)/t10-/m1/s1. The number of carbonyl (C=O) groups excluding carboxylic acids is 1. The summed E-state index contributed by atoms with van der Waals surface area (Å²) < 4.78 is 10.4. The van der Waals surface area contributed by atoms with E-state index in [9.17, 15) is 9.90 Å². The van der Waals surface area contributed by atoms with E-state index in [0.717, 1.165) is 17.0 Å². The van der Waals surface area contributed by atoms with E-state index in [-0.39, 0.29) is 29.9 Å². The van der Waals surface area contributed by atoms with Gasteiger partial charge in [0.15, 0.2) is 18.1 Å². The first-order valence-corrected chi connectivity index (χ1v) is 7.09. The van der Waals surface area contributed by atoms with Crippen LogP contribution < -0.4 is 10.1 Å². The number of aromatic nitrogens is 1. The lowest BCUT2D eigenvalue weighted by atomic mass is 9.99. The monoisotopic (exact) mass is 304 g/mol. The van der Waals surface area contributed by atoms with E-state index in [4.69, 9.17) is 9.26 Å². The van der Waals surface area contributed by atoms with Crippen LogP contribution in [0.25, 0.3) is 0 Å². The van der Waals surface area contributed by atoms with Crippen molar-refractivity contribution in [2.24, 2.45) is 0 Å². The molecule has 1 heterocycles. The van der Waals surface area contributed by atoms with Gasteiger partial charge in [-0.05, 0) is 26.0 Å². The second-order valence-corrected chi connectivity index (χ2v) is 5.20. The molecule has 0 aliphatic rings. The lowest BCUT2D eigenvalue weighted by molar-refractivity contribution is -0.123. The first kappa shape index (κ1) is 15.9. The number of para-hydroxylation sites is 2. The Kier molecular flexibility index (Phi) is 5.04. The zero-order chi connectivity index (χ0) is 16.1. The highest BCUT2D eigenvalue weighted by Gasteiger charge is 2.17. The average molecular weight is 304 g/mol. The van der Waals surface area contributed by atoms with Crippen molar-refractivity contribution < 1.29 is 19.2 Å². The van der Waals surface area contributed by atoms with Gasteiger partial charge in [0.05, 0.1) is 5.69 Å². The lowest BCUT2D eigenvalue weighted by Crippen LogP contribution is -2.32. The lowest BCUT2D eigenvalue weighted by Gasteiger charge is -2.13. The van der Waals surface area contributed by atoms with Gasteiger partial charge in [-0.1, -0.05) is 24.2 Å². The number of carbonyl (C=O) groups is 1. The van der Waals surface area contributed by atoms with Gasteiger partial charge in [0.2, 0.25) is 0 Å². The van der Waals surface area contributed by atoms with Gasteiger partial charge >= 0.3 is 0 Å². The molecule has 22 heavy (non-hydrogen) atoms. The van der Waals surface area contributed by atoms with E-state index >= 15 is 0 Å². The molecule has 118 valence electrons. The molecule has 1 amide bonds. The van der Waals surface area contributed by atoms with Gasteiger partial charge in [0, 0.05) is 18.0 Å². The van der Waals surface area contributed by atoms with Crippen molar-refractivity contribution >= 4 is 5.91 Å². The number of hydrogen-bond acceptors (Lipinski definition) is 5. The van der Waals surface area contributed by atoms with Crippen LogP contribution >= 0.6 is 0 Å². The topological polar surface area (TPSA) is 84.6 Å². The molecule has 0 fully saturated rings. The van der Waals surface area contributed by atoms with Gasteiger partial charge in [0.1, 0.15) is 5.76 Å². The van der Waals surface area contributed by atoms with E-state index in [1.165, 1.54) is 6.07 Å². The highest BCUT2D eigenvalue weighted by Crippen LogP contribution is 2.24. The molecule has 0 saturated heterocycles. The van der Waals surface area contributed by atoms with Crippen LogP contribution in [0.15, 0.2) is 28.8 Å². The van der Waals surface area contributed by atoms with Crippen LogP contribution in [0.1, 0.15) is 29.9 Å². The summed E-state index contributed by atoms with van der Waals surface area (Å²) in [5.74, 6) is 0.919. The van der Waals surface area contributed by atoms with Crippen molar-refractivity contribution in [1.82, 2.24) is 10.5 Å². The average Bonchev–Trinajstić information content (AvgIpc) is 2.83. The van der Waals surface area contributed by atoms with Crippen molar-refractivity contribution in [2.45, 2.75) is 26.7 Å². The number of hydrogen-bond donors (Lipinski definition) is 2. The van der Waals surface area contributed by atoms with Crippen molar-refractivity contribution in [2.75, 3.05) is 13.2 Å². The first-order valence-electron chi connectivity index (χ1n) is 7.09. The third kappa shape index (κ3) is 3.78. The molecule has 0 aliphatic heterocycles. The van der Waals surface area contributed by atoms with Crippen LogP contribution in [0.3, 0.4) is 0 Å². The maximum atomic E-state index is 11.8. The third-order valence-electron chi connectivity index (χ3n) is 3.41. The van der Waals surface area contributed by atoms with E-state index in [1.54, 1.807) is 18.2 Å². The summed E-state index contributed by atoms with van der Waals surface area (Å²) in [6.45, 7) is 6.05.